The number of nitrogens with zero attached hydrogens (tertiary/aromatic N) is 1. The maximum atomic E-state index is 13.2. The maximum Gasteiger partial charge on any atom is 0.253 e. The summed E-state index contributed by atoms with van der Waals surface area (Å²) >= 11 is 0. The highest BCUT2D eigenvalue weighted by molar-refractivity contribution is 5.81. The SMILES string of the molecule is CN(N)C(=O)C(N)Cc1ccc(F)cc1F. The molecule has 0 aliphatic carbocycles. The van der Waals surface area contributed by atoms with E-state index >= 15 is 0 Å². The number of amides is 1. The van der Waals surface area contributed by atoms with Crippen molar-refractivity contribution in [2.75, 3.05) is 7.05 Å². The van der Waals surface area contributed by atoms with Crippen LogP contribution in [0.25, 0.3) is 0 Å². The number of rotatable bonds is 3. The molecule has 0 aromatic heterocycles. The highest BCUT2D eigenvalue weighted by Crippen LogP contribution is 2.11. The van der Waals surface area contributed by atoms with Crippen LogP contribution in [-0.2, 0) is 11.2 Å². The number of halogens is 2. The van der Waals surface area contributed by atoms with E-state index in [0.717, 1.165) is 17.1 Å². The number of hydrogen-bond donors (Lipinski definition) is 2. The molecule has 1 aromatic carbocycles. The lowest BCUT2D eigenvalue weighted by Gasteiger charge is -2.16. The van der Waals surface area contributed by atoms with Crippen molar-refractivity contribution in [2.45, 2.75) is 12.5 Å². The second-order valence-corrected chi connectivity index (χ2v) is 3.50. The van der Waals surface area contributed by atoms with Gasteiger partial charge in [-0.15, -0.1) is 0 Å². The minimum absolute atomic E-state index is 0.0213. The van der Waals surface area contributed by atoms with Crippen molar-refractivity contribution in [3.63, 3.8) is 0 Å². The summed E-state index contributed by atoms with van der Waals surface area (Å²) in [7, 11) is 1.35. The van der Waals surface area contributed by atoms with E-state index in [4.69, 9.17) is 11.6 Å². The van der Waals surface area contributed by atoms with Crippen molar-refractivity contribution in [2.24, 2.45) is 11.6 Å². The molecular weight excluding hydrogens is 216 g/mol. The quantitative estimate of drug-likeness (QED) is 0.441. The van der Waals surface area contributed by atoms with E-state index in [2.05, 4.69) is 0 Å². The molecule has 0 heterocycles. The molecule has 0 spiro atoms. The molecule has 1 unspecified atom stereocenters. The van der Waals surface area contributed by atoms with E-state index in [1.165, 1.54) is 13.1 Å². The van der Waals surface area contributed by atoms with E-state index in [1.54, 1.807) is 0 Å². The first-order chi connectivity index (χ1) is 7.41. The molecule has 0 saturated heterocycles. The van der Waals surface area contributed by atoms with Crippen molar-refractivity contribution in [1.29, 1.82) is 0 Å². The molecule has 6 heteroatoms. The Kier molecular flexibility index (Phi) is 3.92. The van der Waals surface area contributed by atoms with Crippen LogP contribution < -0.4 is 11.6 Å². The van der Waals surface area contributed by atoms with Crippen LogP contribution >= 0.6 is 0 Å². The minimum atomic E-state index is -0.935. The van der Waals surface area contributed by atoms with Gasteiger partial charge in [-0.3, -0.25) is 9.80 Å². The number of nitrogens with two attached hydrogens (primary N) is 2. The number of benzene rings is 1. The number of likely N-dealkylation sites (N-methyl/N-ethyl adjacent to an activating group) is 1. The Hall–Kier alpha value is -1.53. The third-order valence-corrected chi connectivity index (χ3v) is 2.12. The summed E-state index contributed by atoms with van der Waals surface area (Å²) in [5, 5.41) is 0.839. The summed E-state index contributed by atoms with van der Waals surface area (Å²) in [4.78, 5) is 11.3. The topological polar surface area (TPSA) is 72.3 Å². The summed E-state index contributed by atoms with van der Waals surface area (Å²) in [5.41, 5.74) is 5.71. The van der Waals surface area contributed by atoms with Crippen LogP contribution in [-0.4, -0.2) is 24.0 Å². The van der Waals surface area contributed by atoms with Gasteiger partial charge in [0.15, 0.2) is 0 Å². The molecule has 4 N–H and O–H groups in total. The number of hydrogen-bond acceptors (Lipinski definition) is 3. The van der Waals surface area contributed by atoms with Gasteiger partial charge in [0.1, 0.15) is 11.6 Å². The molecule has 16 heavy (non-hydrogen) atoms. The summed E-state index contributed by atoms with van der Waals surface area (Å²) < 4.78 is 25.8. The highest BCUT2D eigenvalue weighted by Gasteiger charge is 2.18. The zero-order chi connectivity index (χ0) is 12.3. The third kappa shape index (κ3) is 2.98. The van der Waals surface area contributed by atoms with Crippen LogP contribution in [0.15, 0.2) is 18.2 Å². The van der Waals surface area contributed by atoms with E-state index in [1.807, 2.05) is 0 Å². The Labute approximate surface area is 91.8 Å². The third-order valence-electron chi connectivity index (χ3n) is 2.12. The molecule has 88 valence electrons. The molecule has 1 amide bonds. The second-order valence-electron chi connectivity index (χ2n) is 3.50. The monoisotopic (exact) mass is 229 g/mol. The van der Waals surface area contributed by atoms with E-state index in [-0.39, 0.29) is 12.0 Å². The first-order valence-electron chi connectivity index (χ1n) is 4.63. The van der Waals surface area contributed by atoms with Crippen molar-refractivity contribution in [3.05, 3.63) is 35.4 Å². The molecule has 1 atom stereocenters. The predicted molar refractivity (Wildman–Crippen MR) is 55.0 cm³/mol. The van der Waals surface area contributed by atoms with Crippen LogP contribution in [0.1, 0.15) is 5.56 Å². The zero-order valence-corrected chi connectivity index (χ0v) is 8.78. The van der Waals surface area contributed by atoms with Gasteiger partial charge < -0.3 is 5.73 Å². The predicted octanol–water partition coefficient (Wildman–Crippen LogP) is 0.167. The van der Waals surface area contributed by atoms with Crippen molar-refractivity contribution >= 4 is 5.91 Å². The average Bonchev–Trinajstić information content (AvgIpc) is 2.20. The van der Waals surface area contributed by atoms with E-state index in [0.29, 0.717) is 0 Å². The second kappa shape index (κ2) is 5.00. The molecular formula is C10H13F2N3O. The van der Waals surface area contributed by atoms with Crippen molar-refractivity contribution in [3.8, 4) is 0 Å². The van der Waals surface area contributed by atoms with Crippen LogP contribution in [0.3, 0.4) is 0 Å². The van der Waals surface area contributed by atoms with Crippen LogP contribution in [0.5, 0.6) is 0 Å². The van der Waals surface area contributed by atoms with Gasteiger partial charge in [0.2, 0.25) is 0 Å². The van der Waals surface area contributed by atoms with E-state index in [9.17, 15) is 13.6 Å². The van der Waals surface area contributed by atoms with Crippen molar-refractivity contribution < 1.29 is 13.6 Å². The van der Waals surface area contributed by atoms with Crippen LogP contribution in [0.4, 0.5) is 8.78 Å². The highest BCUT2D eigenvalue weighted by atomic mass is 19.1. The summed E-state index contributed by atoms with van der Waals surface area (Å²) in [5.74, 6) is 3.30. The largest absolute Gasteiger partial charge is 0.320 e. The fourth-order valence-corrected chi connectivity index (χ4v) is 1.27. The maximum absolute atomic E-state index is 13.2. The van der Waals surface area contributed by atoms with Gasteiger partial charge >= 0.3 is 0 Å². The van der Waals surface area contributed by atoms with Gasteiger partial charge in [-0.1, -0.05) is 6.07 Å². The summed E-state index contributed by atoms with van der Waals surface area (Å²) in [6, 6.07) is 2.18. The Bertz CT molecular complexity index is 396. The molecule has 0 saturated carbocycles. The number of hydrazine groups is 1. The van der Waals surface area contributed by atoms with Gasteiger partial charge in [-0.25, -0.2) is 14.6 Å². The normalized spacial score (nSPS) is 12.3. The Balaban J connectivity index is 2.77. The fraction of sp³-hybridized carbons (Fsp3) is 0.300. The number of carbonyl (C=O) groups is 1. The lowest BCUT2D eigenvalue weighted by molar-refractivity contribution is -0.131. The summed E-state index contributed by atoms with van der Waals surface area (Å²) in [6.07, 6.45) is -0.0213. The van der Waals surface area contributed by atoms with Gasteiger partial charge in [0.05, 0.1) is 6.04 Å². The zero-order valence-electron chi connectivity index (χ0n) is 8.78. The fourth-order valence-electron chi connectivity index (χ4n) is 1.27. The minimum Gasteiger partial charge on any atom is -0.320 e. The van der Waals surface area contributed by atoms with Crippen molar-refractivity contribution in [1.82, 2.24) is 5.01 Å². The smallest absolute Gasteiger partial charge is 0.253 e. The average molecular weight is 229 g/mol. The lowest BCUT2D eigenvalue weighted by atomic mass is 10.1. The molecule has 0 aliphatic rings. The molecule has 1 aromatic rings. The van der Waals surface area contributed by atoms with Crippen LogP contribution in [0.2, 0.25) is 0 Å². The molecule has 4 nitrogen and oxygen atoms in total. The standard InChI is InChI=1S/C10H13F2N3O/c1-15(14)10(16)9(13)4-6-2-3-7(11)5-8(6)12/h2-3,5,9H,4,13-14H2,1H3. The number of carbonyl (C=O) groups excluding carboxylic acids is 1. The first-order valence-corrected chi connectivity index (χ1v) is 4.63. The Morgan fingerprint density at radius 1 is 1.50 bits per heavy atom. The van der Waals surface area contributed by atoms with Gasteiger partial charge in [0, 0.05) is 13.1 Å². The van der Waals surface area contributed by atoms with Gasteiger partial charge in [-0.05, 0) is 18.1 Å². The Morgan fingerprint density at radius 3 is 2.62 bits per heavy atom. The molecule has 0 fully saturated rings. The van der Waals surface area contributed by atoms with Crippen LogP contribution in [0, 0.1) is 11.6 Å². The van der Waals surface area contributed by atoms with Gasteiger partial charge in [-0.2, -0.15) is 0 Å². The molecule has 1 rings (SSSR count). The molecule has 0 aliphatic heterocycles. The molecule has 0 radical (unpaired) electrons. The first kappa shape index (κ1) is 12.5. The lowest BCUT2D eigenvalue weighted by Crippen LogP contribution is -2.46. The Morgan fingerprint density at radius 2 is 2.12 bits per heavy atom. The molecule has 0 bridgehead atoms. The van der Waals surface area contributed by atoms with Gasteiger partial charge in [0.25, 0.3) is 5.91 Å². The summed E-state index contributed by atoms with van der Waals surface area (Å²) in [6.45, 7) is 0. The van der Waals surface area contributed by atoms with E-state index < -0.39 is 23.6 Å².